The molecule has 0 aromatic carbocycles. The summed E-state index contributed by atoms with van der Waals surface area (Å²) in [6, 6.07) is 0. The van der Waals surface area contributed by atoms with Crippen molar-refractivity contribution in [3.05, 3.63) is 0 Å². The van der Waals surface area contributed by atoms with Crippen molar-refractivity contribution < 1.29 is 4.39 Å². The molecule has 1 saturated carbocycles. The predicted molar refractivity (Wildman–Crippen MR) is 40.5 cm³/mol. The lowest BCUT2D eigenvalue weighted by molar-refractivity contribution is 0.0996. The number of rotatable bonds is 3. The Morgan fingerprint density at radius 1 is 1.50 bits per heavy atom. The monoisotopic (exact) mass is 145 g/mol. The molecule has 0 aromatic heterocycles. The standard InChI is InChI=1S/C8H16FN/c1-7(2,9)8(3-4-8)5-6-10/h3-6,10H2,1-2H3. The Morgan fingerprint density at radius 2 is 2.00 bits per heavy atom. The molecule has 0 unspecified atom stereocenters. The topological polar surface area (TPSA) is 26.0 Å². The van der Waals surface area contributed by atoms with Crippen LogP contribution in [0.15, 0.2) is 0 Å². The van der Waals surface area contributed by atoms with Crippen molar-refractivity contribution in [2.24, 2.45) is 11.1 Å². The number of alkyl halides is 1. The van der Waals surface area contributed by atoms with E-state index in [0.29, 0.717) is 6.54 Å². The van der Waals surface area contributed by atoms with Gasteiger partial charge in [-0.3, -0.25) is 0 Å². The zero-order valence-corrected chi connectivity index (χ0v) is 6.78. The highest BCUT2D eigenvalue weighted by molar-refractivity contribution is 5.04. The smallest absolute Gasteiger partial charge is 0.111 e. The maximum Gasteiger partial charge on any atom is 0.111 e. The molecule has 0 bridgehead atoms. The fourth-order valence-corrected chi connectivity index (χ4v) is 1.57. The van der Waals surface area contributed by atoms with Crippen LogP contribution in [0.1, 0.15) is 33.1 Å². The van der Waals surface area contributed by atoms with E-state index in [1.807, 2.05) is 0 Å². The molecular weight excluding hydrogens is 129 g/mol. The molecule has 0 saturated heterocycles. The predicted octanol–water partition coefficient (Wildman–Crippen LogP) is 1.86. The van der Waals surface area contributed by atoms with Crippen LogP contribution in [0.4, 0.5) is 4.39 Å². The second kappa shape index (κ2) is 2.19. The summed E-state index contributed by atoms with van der Waals surface area (Å²) in [7, 11) is 0. The highest BCUT2D eigenvalue weighted by Gasteiger charge is 2.54. The van der Waals surface area contributed by atoms with Gasteiger partial charge in [0.2, 0.25) is 0 Å². The fourth-order valence-electron chi connectivity index (χ4n) is 1.57. The molecule has 1 nitrogen and oxygen atoms in total. The molecule has 1 aliphatic carbocycles. The molecule has 0 aliphatic heterocycles. The van der Waals surface area contributed by atoms with Crippen molar-refractivity contribution in [3.8, 4) is 0 Å². The first-order chi connectivity index (χ1) is 4.52. The molecule has 0 spiro atoms. The second-order valence-corrected chi connectivity index (χ2v) is 3.79. The van der Waals surface area contributed by atoms with Crippen molar-refractivity contribution in [2.75, 3.05) is 6.54 Å². The lowest BCUT2D eigenvalue weighted by Gasteiger charge is -2.25. The summed E-state index contributed by atoms with van der Waals surface area (Å²) in [5.41, 5.74) is 4.31. The van der Waals surface area contributed by atoms with Gasteiger partial charge in [-0.05, 0) is 39.7 Å². The van der Waals surface area contributed by atoms with E-state index in [0.717, 1.165) is 19.3 Å². The van der Waals surface area contributed by atoms with Crippen molar-refractivity contribution >= 4 is 0 Å². The van der Waals surface area contributed by atoms with Gasteiger partial charge in [0, 0.05) is 5.41 Å². The van der Waals surface area contributed by atoms with E-state index < -0.39 is 5.67 Å². The highest BCUT2D eigenvalue weighted by Crippen LogP contribution is 2.57. The van der Waals surface area contributed by atoms with Crippen LogP contribution in [-0.2, 0) is 0 Å². The first kappa shape index (κ1) is 7.99. The van der Waals surface area contributed by atoms with E-state index in [1.54, 1.807) is 13.8 Å². The molecular formula is C8H16FN. The number of halogens is 1. The lowest BCUT2D eigenvalue weighted by Crippen LogP contribution is -2.29. The summed E-state index contributed by atoms with van der Waals surface area (Å²) in [6.45, 7) is 3.94. The lowest BCUT2D eigenvalue weighted by atomic mass is 9.86. The first-order valence-corrected chi connectivity index (χ1v) is 3.91. The molecule has 0 heterocycles. The van der Waals surface area contributed by atoms with E-state index in [1.165, 1.54) is 0 Å². The molecule has 60 valence electrons. The highest BCUT2D eigenvalue weighted by atomic mass is 19.1. The van der Waals surface area contributed by atoms with E-state index in [4.69, 9.17) is 5.73 Å². The average Bonchev–Trinajstić information content (AvgIpc) is 2.45. The maximum atomic E-state index is 13.4. The summed E-state index contributed by atoms with van der Waals surface area (Å²) in [5.74, 6) is 0. The maximum absolute atomic E-state index is 13.4. The van der Waals surface area contributed by atoms with Crippen LogP contribution >= 0.6 is 0 Å². The Bertz CT molecular complexity index is 122. The van der Waals surface area contributed by atoms with Gasteiger partial charge in [-0.15, -0.1) is 0 Å². The molecule has 1 aliphatic rings. The number of nitrogens with two attached hydrogens (primary N) is 1. The molecule has 2 N–H and O–H groups in total. The Balaban J connectivity index is 2.52. The molecule has 0 aromatic rings. The molecule has 0 radical (unpaired) electrons. The molecule has 1 rings (SSSR count). The SMILES string of the molecule is CC(C)(F)C1(CCN)CC1. The third-order valence-electron chi connectivity index (χ3n) is 2.74. The van der Waals surface area contributed by atoms with E-state index in [-0.39, 0.29) is 5.41 Å². The van der Waals surface area contributed by atoms with Crippen LogP contribution in [0.25, 0.3) is 0 Å². The van der Waals surface area contributed by atoms with Gasteiger partial charge in [-0.1, -0.05) is 0 Å². The molecule has 0 amide bonds. The van der Waals surface area contributed by atoms with Crippen LogP contribution in [0, 0.1) is 5.41 Å². The summed E-state index contributed by atoms with van der Waals surface area (Å²) in [4.78, 5) is 0. The Kier molecular flexibility index (Phi) is 1.75. The van der Waals surface area contributed by atoms with Crippen LogP contribution in [0.3, 0.4) is 0 Å². The average molecular weight is 145 g/mol. The largest absolute Gasteiger partial charge is 0.330 e. The minimum Gasteiger partial charge on any atom is -0.330 e. The summed E-state index contributed by atoms with van der Waals surface area (Å²) in [5, 5.41) is 0. The van der Waals surface area contributed by atoms with Crippen molar-refractivity contribution in [3.63, 3.8) is 0 Å². The number of hydrogen-bond acceptors (Lipinski definition) is 1. The van der Waals surface area contributed by atoms with Crippen LogP contribution in [0.5, 0.6) is 0 Å². The first-order valence-electron chi connectivity index (χ1n) is 3.91. The summed E-state index contributed by atoms with van der Waals surface area (Å²) < 4.78 is 13.4. The van der Waals surface area contributed by atoms with E-state index >= 15 is 0 Å². The Labute approximate surface area is 61.8 Å². The normalized spacial score (nSPS) is 22.8. The van der Waals surface area contributed by atoms with Gasteiger partial charge in [0.1, 0.15) is 5.67 Å². The molecule has 10 heavy (non-hydrogen) atoms. The molecule has 0 atom stereocenters. The van der Waals surface area contributed by atoms with E-state index in [9.17, 15) is 4.39 Å². The van der Waals surface area contributed by atoms with Gasteiger partial charge >= 0.3 is 0 Å². The number of hydrogen-bond donors (Lipinski definition) is 1. The summed E-state index contributed by atoms with van der Waals surface area (Å²) in [6.07, 6.45) is 2.89. The quantitative estimate of drug-likeness (QED) is 0.644. The zero-order chi connectivity index (χ0) is 7.83. The van der Waals surface area contributed by atoms with Crippen molar-refractivity contribution in [1.82, 2.24) is 0 Å². The van der Waals surface area contributed by atoms with Crippen LogP contribution in [-0.4, -0.2) is 12.2 Å². The third-order valence-corrected chi connectivity index (χ3v) is 2.74. The summed E-state index contributed by atoms with van der Waals surface area (Å²) >= 11 is 0. The van der Waals surface area contributed by atoms with Gasteiger partial charge in [-0.25, -0.2) is 4.39 Å². The third kappa shape index (κ3) is 1.17. The fraction of sp³-hybridized carbons (Fsp3) is 1.00. The van der Waals surface area contributed by atoms with Crippen LogP contribution in [0.2, 0.25) is 0 Å². The second-order valence-electron chi connectivity index (χ2n) is 3.79. The van der Waals surface area contributed by atoms with E-state index in [2.05, 4.69) is 0 Å². The van der Waals surface area contributed by atoms with Crippen molar-refractivity contribution in [1.29, 1.82) is 0 Å². The Hall–Kier alpha value is -0.110. The van der Waals surface area contributed by atoms with Gasteiger partial charge < -0.3 is 5.73 Å². The minimum absolute atomic E-state index is 0.0538. The Morgan fingerprint density at radius 3 is 2.10 bits per heavy atom. The van der Waals surface area contributed by atoms with Crippen molar-refractivity contribution in [2.45, 2.75) is 38.8 Å². The van der Waals surface area contributed by atoms with Crippen LogP contribution < -0.4 is 5.73 Å². The molecule has 1 fully saturated rings. The van der Waals surface area contributed by atoms with Gasteiger partial charge in [-0.2, -0.15) is 0 Å². The zero-order valence-electron chi connectivity index (χ0n) is 6.78. The van der Waals surface area contributed by atoms with Gasteiger partial charge in [0.15, 0.2) is 0 Å². The minimum atomic E-state index is -1.02. The molecule has 2 heteroatoms. The van der Waals surface area contributed by atoms with Gasteiger partial charge in [0.05, 0.1) is 0 Å². The van der Waals surface area contributed by atoms with Gasteiger partial charge in [0.25, 0.3) is 0 Å².